The van der Waals surface area contributed by atoms with Crippen molar-refractivity contribution in [3.63, 3.8) is 0 Å². The van der Waals surface area contributed by atoms with Crippen molar-refractivity contribution in [2.75, 3.05) is 7.11 Å². The van der Waals surface area contributed by atoms with Gasteiger partial charge in [-0.3, -0.25) is 9.59 Å². The molecule has 4 aliphatic rings. The van der Waals surface area contributed by atoms with Crippen LogP contribution in [0.3, 0.4) is 0 Å². The van der Waals surface area contributed by atoms with Crippen molar-refractivity contribution in [3.8, 4) is 5.75 Å². The Balaban J connectivity index is 1.71. The van der Waals surface area contributed by atoms with Crippen LogP contribution >= 0.6 is 0 Å². The van der Waals surface area contributed by atoms with Crippen LogP contribution in [-0.4, -0.2) is 29.6 Å². The molecule has 140 valence electrons. The van der Waals surface area contributed by atoms with E-state index in [1.807, 2.05) is 24.3 Å². The molecule has 1 aromatic carbocycles. The first-order chi connectivity index (χ1) is 13.2. The molecule has 5 rings (SSSR count). The van der Waals surface area contributed by atoms with E-state index in [1.165, 1.54) is 24.2 Å². The number of methoxy groups -OCH3 is 1. The molecule has 1 fully saturated rings. The second-order valence-electron chi connectivity index (χ2n) is 8.08. The van der Waals surface area contributed by atoms with Gasteiger partial charge in [0.25, 0.3) is 0 Å². The number of hydrogen-bond acceptors (Lipinski definition) is 4. The number of hydrogen-bond donors (Lipinski definition) is 0. The predicted octanol–water partition coefficient (Wildman–Crippen LogP) is 4.27. The van der Waals surface area contributed by atoms with Crippen LogP contribution in [0.2, 0.25) is 0 Å². The molecule has 0 amide bonds. The topological polar surface area (TPSA) is 46.6 Å². The highest BCUT2D eigenvalue weighted by Gasteiger charge is 2.46. The first-order valence-corrected chi connectivity index (χ1v) is 10.1. The minimum Gasteiger partial charge on any atom is -0.497 e. The average Bonchev–Trinajstić information content (AvgIpc) is 3.52. The molecule has 4 heteroatoms. The number of Topliss-reactive ketones (excluding diaryl/α,β-unsaturated/α-hetero) is 2. The molecule has 0 N–H and O–H groups in total. The molecule has 1 saturated carbocycles. The molecule has 0 saturated heterocycles. The number of ketones is 2. The first kappa shape index (κ1) is 16.8. The summed E-state index contributed by atoms with van der Waals surface area (Å²) in [6.45, 7) is 0. The second-order valence-corrected chi connectivity index (χ2v) is 8.08. The largest absolute Gasteiger partial charge is 0.497 e. The smallest absolute Gasteiger partial charge is 0.161 e. The normalized spacial score (nSPS) is 23.5. The molecule has 0 unspecified atom stereocenters. The fourth-order valence-electron chi connectivity index (χ4n) is 5.06. The van der Waals surface area contributed by atoms with Crippen LogP contribution in [0.1, 0.15) is 62.8 Å². The summed E-state index contributed by atoms with van der Waals surface area (Å²) >= 11 is 0. The molecule has 0 aromatic heterocycles. The third-order valence-electron chi connectivity index (χ3n) is 6.38. The fraction of sp³-hybridized carbons (Fsp3) is 0.478. The summed E-state index contributed by atoms with van der Waals surface area (Å²) in [6.07, 6.45) is 7.29. The molecule has 0 radical (unpaired) electrons. The molecule has 1 aliphatic heterocycles. The number of carbonyl (C=O) groups excluding carboxylic acids is 2. The van der Waals surface area contributed by atoms with E-state index in [9.17, 15) is 9.59 Å². The van der Waals surface area contributed by atoms with E-state index in [2.05, 4.69) is 4.90 Å². The van der Waals surface area contributed by atoms with Gasteiger partial charge in [0.2, 0.25) is 0 Å². The monoisotopic (exact) mass is 363 g/mol. The van der Waals surface area contributed by atoms with Crippen molar-refractivity contribution in [2.24, 2.45) is 0 Å². The third kappa shape index (κ3) is 2.65. The van der Waals surface area contributed by atoms with E-state index < -0.39 is 0 Å². The van der Waals surface area contributed by atoms with Gasteiger partial charge in [-0.1, -0.05) is 12.1 Å². The summed E-state index contributed by atoms with van der Waals surface area (Å²) in [7, 11) is 1.65. The Morgan fingerprint density at radius 3 is 1.89 bits per heavy atom. The maximum atomic E-state index is 13.1. The lowest BCUT2D eigenvalue weighted by atomic mass is 9.71. The van der Waals surface area contributed by atoms with Crippen LogP contribution in [0.4, 0.5) is 0 Å². The van der Waals surface area contributed by atoms with E-state index in [0.29, 0.717) is 18.9 Å². The Morgan fingerprint density at radius 1 is 0.852 bits per heavy atom. The standard InChI is InChI=1S/C23H25NO3/c1-27-16-12-8-14(9-13-16)21-22-17(4-2-6-19(22)25)24(15-10-11-15)18-5-3-7-20(26)23(18)21/h8-9,12-13,15,21H,2-7,10-11H2,1H3. The Kier molecular flexibility index (Phi) is 3.96. The van der Waals surface area contributed by atoms with Crippen molar-refractivity contribution in [1.29, 1.82) is 0 Å². The lowest BCUT2D eigenvalue weighted by Gasteiger charge is -2.44. The van der Waals surface area contributed by atoms with Gasteiger partial charge >= 0.3 is 0 Å². The van der Waals surface area contributed by atoms with Gasteiger partial charge in [-0.05, 0) is 56.2 Å². The second kappa shape index (κ2) is 6.36. The van der Waals surface area contributed by atoms with Crippen LogP contribution in [0.25, 0.3) is 0 Å². The number of ether oxygens (including phenoxy) is 1. The highest BCUT2D eigenvalue weighted by molar-refractivity contribution is 6.06. The SMILES string of the molecule is COc1ccc(C2C3=C(CCCC3=O)N(C3CC3)C3=C2C(=O)CCC3)cc1. The summed E-state index contributed by atoms with van der Waals surface area (Å²) < 4.78 is 5.30. The molecule has 0 spiro atoms. The molecular weight excluding hydrogens is 338 g/mol. The van der Waals surface area contributed by atoms with Gasteiger partial charge in [0.1, 0.15) is 5.75 Å². The number of allylic oxidation sites excluding steroid dienone is 4. The lowest BCUT2D eigenvalue weighted by molar-refractivity contribution is -0.117. The third-order valence-corrected chi connectivity index (χ3v) is 6.38. The summed E-state index contributed by atoms with van der Waals surface area (Å²) in [5, 5.41) is 0. The van der Waals surface area contributed by atoms with Gasteiger partial charge in [-0.25, -0.2) is 0 Å². The number of carbonyl (C=O) groups is 2. The zero-order valence-electron chi connectivity index (χ0n) is 15.8. The van der Waals surface area contributed by atoms with Crippen molar-refractivity contribution >= 4 is 11.6 Å². The van der Waals surface area contributed by atoms with Gasteiger partial charge in [0.15, 0.2) is 11.6 Å². The van der Waals surface area contributed by atoms with E-state index in [-0.39, 0.29) is 17.5 Å². The summed E-state index contributed by atoms with van der Waals surface area (Å²) in [4.78, 5) is 28.5. The van der Waals surface area contributed by atoms with Crippen LogP contribution in [0.15, 0.2) is 46.8 Å². The van der Waals surface area contributed by atoms with Crippen LogP contribution in [0, 0.1) is 0 Å². The highest BCUT2D eigenvalue weighted by Crippen LogP contribution is 2.52. The van der Waals surface area contributed by atoms with Crippen LogP contribution < -0.4 is 4.74 Å². The molecule has 4 nitrogen and oxygen atoms in total. The summed E-state index contributed by atoms with van der Waals surface area (Å²) in [5.41, 5.74) is 5.25. The predicted molar refractivity (Wildman–Crippen MR) is 102 cm³/mol. The summed E-state index contributed by atoms with van der Waals surface area (Å²) in [5.74, 6) is 1.05. The molecule has 3 aliphatic carbocycles. The minimum atomic E-state index is -0.198. The van der Waals surface area contributed by atoms with Gasteiger partial charge < -0.3 is 9.64 Å². The first-order valence-electron chi connectivity index (χ1n) is 10.1. The number of benzene rings is 1. The average molecular weight is 363 g/mol. The van der Waals surface area contributed by atoms with Crippen molar-refractivity contribution in [1.82, 2.24) is 4.90 Å². The molecule has 0 bridgehead atoms. The van der Waals surface area contributed by atoms with Crippen molar-refractivity contribution in [3.05, 3.63) is 52.4 Å². The quantitative estimate of drug-likeness (QED) is 0.804. The maximum Gasteiger partial charge on any atom is 0.161 e. The summed E-state index contributed by atoms with van der Waals surface area (Å²) in [6, 6.07) is 8.41. The van der Waals surface area contributed by atoms with E-state index in [0.717, 1.165) is 48.1 Å². The van der Waals surface area contributed by atoms with Crippen LogP contribution in [0.5, 0.6) is 5.75 Å². The molecule has 27 heavy (non-hydrogen) atoms. The van der Waals surface area contributed by atoms with Gasteiger partial charge in [0.05, 0.1) is 7.11 Å². The van der Waals surface area contributed by atoms with Gasteiger partial charge in [-0.15, -0.1) is 0 Å². The maximum absolute atomic E-state index is 13.1. The minimum absolute atomic E-state index is 0.198. The van der Waals surface area contributed by atoms with E-state index in [1.54, 1.807) is 7.11 Å². The Bertz CT molecular complexity index is 829. The Labute approximate surface area is 159 Å². The fourth-order valence-corrected chi connectivity index (χ4v) is 5.06. The van der Waals surface area contributed by atoms with E-state index >= 15 is 0 Å². The van der Waals surface area contributed by atoms with Crippen molar-refractivity contribution in [2.45, 2.75) is 63.3 Å². The van der Waals surface area contributed by atoms with Gasteiger partial charge in [-0.2, -0.15) is 0 Å². The molecule has 1 heterocycles. The molecule has 1 aromatic rings. The zero-order chi connectivity index (χ0) is 18.5. The highest BCUT2D eigenvalue weighted by atomic mass is 16.5. The molecule has 0 atom stereocenters. The molecular formula is C23H25NO3. The number of nitrogens with zero attached hydrogens (tertiary/aromatic N) is 1. The number of rotatable bonds is 3. The Hall–Kier alpha value is -2.36. The van der Waals surface area contributed by atoms with E-state index in [4.69, 9.17) is 4.74 Å². The Morgan fingerprint density at radius 2 is 1.41 bits per heavy atom. The van der Waals surface area contributed by atoms with Crippen molar-refractivity contribution < 1.29 is 14.3 Å². The van der Waals surface area contributed by atoms with Crippen LogP contribution in [-0.2, 0) is 9.59 Å². The zero-order valence-corrected chi connectivity index (χ0v) is 15.8. The van der Waals surface area contributed by atoms with Gasteiger partial charge in [0, 0.05) is 47.3 Å². The lowest BCUT2D eigenvalue weighted by Crippen LogP contribution is -2.40.